The summed E-state index contributed by atoms with van der Waals surface area (Å²) in [6.07, 6.45) is 8.04. The Morgan fingerprint density at radius 3 is 2.76 bits per heavy atom. The highest BCUT2D eigenvalue weighted by Gasteiger charge is 2.32. The predicted molar refractivity (Wildman–Crippen MR) is 160 cm³/mol. The lowest BCUT2D eigenvalue weighted by atomic mass is 9.82. The lowest BCUT2D eigenvalue weighted by Crippen LogP contribution is -2.47. The van der Waals surface area contributed by atoms with E-state index in [1.165, 1.54) is 12.8 Å². The van der Waals surface area contributed by atoms with Gasteiger partial charge in [0.05, 0.1) is 13.7 Å². The Balaban J connectivity index is 1.27. The molecule has 3 heterocycles. The van der Waals surface area contributed by atoms with Gasteiger partial charge >= 0.3 is 0 Å². The molecule has 2 aromatic carbocycles. The zero-order chi connectivity index (χ0) is 28.4. The molecule has 2 atom stereocenters. The summed E-state index contributed by atoms with van der Waals surface area (Å²) in [7, 11) is 1.67. The molecule has 8 heteroatoms. The first-order valence-corrected chi connectivity index (χ1v) is 15.1. The summed E-state index contributed by atoms with van der Waals surface area (Å²) in [6.45, 7) is 7.18. The molecule has 2 fully saturated rings. The van der Waals surface area contributed by atoms with E-state index in [1.807, 2.05) is 41.3 Å². The molecule has 0 spiro atoms. The number of likely N-dealkylation sites (tertiary alicyclic amines) is 1. The third kappa shape index (κ3) is 8.33. The van der Waals surface area contributed by atoms with E-state index in [0.29, 0.717) is 52.3 Å². The summed E-state index contributed by atoms with van der Waals surface area (Å²) in [4.78, 5) is 33.1. The molecule has 3 aliphatic rings. The van der Waals surface area contributed by atoms with Gasteiger partial charge < -0.3 is 24.6 Å². The zero-order valence-electron chi connectivity index (χ0n) is 24.3. The van der Waals surface area contributed by atoms with E-state index in [1.54, 1.807) is 7.11 Å². The van der Waals surface area contributed by atoms with E-state index < -0.39 is 0 Å². The van der Waals surface area contributed by atoms with Crippen LogP contribution in [0.15, 0.2) is 60.7 Å². The van der Waals surface area contributed by atoms with Crippen molar-refractivity contribution >= 4 is 11.8 Å². The first-order valence-electron chi connectivity index (χ1n) is 15.1. The minimum atomic E-state index is 0.111. The van der Waals surface area contributed by atoms with E-state index in [-0.39, 0.29) is 23.7 Å². The highest BCUT2D eigenvalue weighted by molar-refractivity contribution is 5.79. The van der Waals surface area contributed by atoms with Gasteiger partial charge in [0, 0.05) is 51.3 Å². The maximum absolute atomic E-state index is 13.7. The standard InChI is InChI=1S/C33H44N4O4/c1-40-30-11-6-8-26(20-30)22-36-23-29-9-2-3-12-31(29)41-19-7-10-28-24-37(33(39)25-36)17-13-27(28)21-32(38)34-14-18-35-15-4-5-16-35/h2-3,6-12,20,27-28H,4-5,13-19,21-25H2,1H3,(H,34,38)/b10-7-/t27-,28-/m0/s1. The first-order chi connectivity index (χ1) is 20.1. The SMILES string of the molecule is COc1cccc(CN2CC(=O)N3CC[C@@H](CC(=O)NCCN4CCCC4)[C@@H](/C=C\COc4ccccc4C2)C3)c1. The number of amides is 2. The van der Waals surface area contributed by atoms with Crippen LogP contribution in [0.25, 0.3) is 0 Å². The second-order valence-electron chi connectivity index (χ2n) is 11.5. The molecule has 2 amide bonds. The van der Waals surface area contributed by atoms with Crippen molar-refractivity contribution in [1.82, 2.24) is 20.0 Å². The fourth-order valence-electron chi connectivity index (χ4n) is 6.27. The Kier molecular flexibility index (Phi) is 10.3. The number of nitrogens with zero attached hydrogens (tertiary/aromatic N) is 3. The minimum absolute atomic E-state index is 0.111. The molecule has 5 rings (SSSR count). The Hall–Kier alpha value is -3.36. The normalized spacial score (nSPS) is 23.0. The van der Waals surface area contributed by atoms with Crippen LogP contribution in [-0.2, 0) is 22.7 Å². The van der Waals surface area contributed by atoms with Gasteiger partial charge in [-0.1, -0.05) is 42.5 Å². The number of hydrogen-bond acceptors (Lipinski definition) is 6. The van der Waals surface area contributed by atoms with E-state index in [0.717, 1.165) is 48.7 Å². The van der Waals surface area contributed by atoms with Crippen LogP contribution < -0.4 is 14.8 Å². The van der Waals surface area contributed by atoms with Crippen molar-refractivity contribution in [3.05, 3.63) is 71.8 Å². The molecule has 2 aromatic rings. The van der Waals surface area contributed by atoms with Gasteiger partial charge in [-0.05, 0) is 68.0 Å². The van der Waals surface area contributed by atoms with Gasteiger partial charge in [-0.25, -0.2) is 0 Å². The third-order valence-corrected chi connectivity index (χ3v) is 8.54. The van der Waals surface area contributed by atoms with Gasteiger partial charge in [-0.15, -0.1) is 0 Å². The molecular weight excluding hydrogens is 516 g/mol. The molecular formula is C33H44N4O4. The molecule has 0 aliphatic carbocycles. The number of nitrogens with one attached hydrogen (secondary N) is 1. The van der Waals surface area contributed by atoms with E-state index >= 15 is 0 Å². The molecule has 2 saturated heterocycles. The maximum atomic E-state index is 13.7. The monoisotopic (exact) mass is 560 g/mol. The van der Waals surface area contributed by atoms with Crippen molar-refractivity contribution in [3.63, 3.8) is 0 Å². The number of carbonyl (C=O) groups is 2. The highest BCUT2D eigenvalue weighted by atomic mass is 16.5. The van der Waals surface area contributed by atoms with Crippen LogP contribution in [-0.4, -0.2) is 86.0 Å². The number of benzene rings is 2. The predicted octanol–water partition coefficient (Wildman–Crippen LogP) is 3.71. The van der Waals surface area contributed by atoms with Gasteiger partial charge in [0.1, 0.15) is 18.1 Å². The van der Waals surface area contributed by atoms with Crippen LogP contribution in [0.3, 0.4) is 0 Å². The molecule has 8 nitrogen and oxygen atoms in total. The minimum Gasteiger partial charge on any atom is -0.497 e. The van der Waals surface area contributed by atoms with Crippen molar-refractivity contribution in [2.75, 3.05) is 59.5 Å². The first kappa shape index (κ1) is 29.1. The second-order valence-corrected chi connectivity index (χ2v) is 11.5. The van der Waals surface area contributed by atoms with Crippen molar-refractivity contribution in [3.8, 4) is 11.5 Å². The molecule has 0 radical (unpaired) electrons. The Bertz CT molecular complexity index is 1200. The fourth-order valence-corrected chi connectivity index (χ4v) is 6.27. The molecule has 0 saturated carbocycles. The summed E-state index contributed by atoms with van der Waals surface area (Å²) in [5.41, 5.74) is 2.14. The smallest absolute Gasteiger partial charge is 0.236 e. The number of fused-ring (bicyclic) bond motifs is 3. The quantitative estimate of drug-likeness (QED) is 0.497. The number of rotatable bonds is 8. The van der Waals surface area contributed by atoms with E-state index in [4.69, 9.17) is 9.47 Å². The Morgan fingerprint density at radius 2 is 1.90 bits per heavy atom. The topological polar surface area (TPSA) is 74.4 Å². The number of carbonyl (C=O) groups excluding carboxylic acids is 2. The van der Waals surface area contributed by atoms with E-state index in [9.17, 15) is 9.59 Å². The maximum Gasteiger partial charge on any atom is 0.236 e. The summed E-state index contributed by atoms with van der Waals surface area (Å²) >= 11 is 0. The van der Waals surface area contributed by atoms with Crippen LogP contribution in [0.1, 0.15) is 36.8 Å². The number of para-hydroxylation sites is 1. The number of ether oxygens (including phenoxy) is 2. The van der Waals surface area contributed by atoms with Crippen LogP contribution in [0.2, 0.25) is 0 Å². The van der Waals surface area contributed by atoms with Crippen LogP contribution in [0, 0.1) is 11.8 Å². The van der Waals surface area contributed by atoms with Gasteiger partial charge in [-0.2, -0.15) is 0 Å². The average Bonchev–Trinajstić information content (AvgIpc) is 3.50. The number of hydrogen-bond donors (Lipinski definition) is 1. The van der Waals surface area contributed by atoms with Gasteiger partial charge in [0.15, 0.2) is 0 Å². The van der Waals surface area contributed by atoms with Gasteiger partial charge in [-0.3, -0.25) is 14.5 Å². The fraction of sp³-hybridized carbons (Fsp3) is 0.515. The largest absolute Gasteiger partial charge is 0.497 e. The molecule has 2 bridgehead atoms. The Morgan fingerprint density at radius 1 is 1.05 bits per heavy atom. The second kappa shape index (κ2) is 14.5. The highest BCUT2D eigenvalue weighted by Crippen LogP contribution is 2.29. The summed E-state index contributed by atoms with van der Waals surface area (Å²) in [5, 5.41) is 3.14. The molecule has 0 aromatic heterocycles. The van der Waals surface area contributed by atoms with Crippen LogP contribution in [0.4, 0.5) is 0 Å². The van der Waals surface area contributed by atoms with Gasteiger partial charge in [0.2, 0.25) is 11.8 Å². The van der Waals surface area contributed by atoms with Crippen LogP contribution in [0.5, 0.6) is 11.5 Å². The lowest BCUT2D eigenvalue weighted by Gasteiger charge is -2.38. The number of methoxy groups -OCH3 is 1. The van der Waals surface area contributed by atoms with Crippen molar-refractivity contribution < 1.29 is 19.1 Å². The Labute approximate surface area is 244 Å². The molecule has 1 N–H and O–H groups in total. The third-order valence-electron chi connectivity index (χ3n) is 8.54. The molecule has 0 unspecified atom stereocenters. The average molecular weight is 561 g/mol. The van der Waals surface area contributed by atoms with Crippen molar-refractivity contribution in [2.45, 2.75) is 38.8 Å². The van der Waals surface area contributed by atoms with Crippen LogP contribution >= 0.6 is 0 Å². The molecule has 220 valence electrons. The van der Waals surface area contributed by atoms with Gasteiger partial charge in [0.25, 0.3) is 0 Å². The van der Waals surface area contributed by atoms with Crippen molar-refractivity contribution in [1.29, 1.82) is 0 Å². The number of piperidine rings is 1. The summed E-state index contributed by atoms with van der Waals surface area (Å²) < 4.78 is 11.6. The lowest BCUT2D eigenvalue weighted by molar-refractivity contribution is -0.135. The zero-order valence-corrected chi connectivity index (χ0v) is 24.3. The summed E-state index contributed by atoms with van der Waals surface area (Å²) in [5.74, 6) is 2.18. The molecule has 41 heavy (non-hydrogen) atoms. The van der Waals surface area contributed by atoms with Crippen molar-refractivity contribution in [2.24, 2.45) is 11.8 Å². The molecule has 3 aliphatic heterocycles. The summed E-state index contributed by atoms with van der Waals surface area (Å²) in [6, 6.07) is 16.1. The van der Waals surface area contributed by atoms with E-state index in [2.05, 4.69) is 39.4 Å².